The van der Waals surface area contributed by atoms with E-state index in [-0.39, 0.29) is 5.82 Å². The highest BCUT2D eigenvalue weighted by Crippen LogP contribution is 2.29. The molecule has 0 aromatic carbocycles. The lowest BCUT2D eigenvalue weighted by atomic mass is 10.3. The molecule has 2 aromatic rings. The monoisotopic (exact) mass is 238 g/mol. The Morgan fingerprint density at radius 1 is 1.40 bits per heavy atom. The zero-order valence-corrected chi connectivity index (χ0v) is 9.47. The normalized spacial score (nSPS) is 10.3. The summed E-state index contributed by atoms with van der Waals surface area (Å²) in [7, 11) is 0. The van der Waals surface area contributed by atoms with Crippen molar-refractivity contribution in [2.45, 2.75) is 6.92 Å². The quantitative estimate of drug-likeness (QED) is 0.756. The molecule has 15 heavy (non-hydrogen) atoms. The molecule has 0 radical (unpaired) electrons. The first kappa shape index (κ1) is 10.3. The Morgan fingerprint density at radius 2 is 2.20 bits per heavy atom. The Hall–Kier alpha value is -1.26. The molecule has 0 fully saturated rings. The molecule has 0 N–H and O–H groups in total. The van der Waals surface area contributed by atoms with Gasteiger partial charge in [0, 0.05) is 5.69 Å². The highest BCUT2D eigenvalue weighted by molar-refractivity contribution is 7.19. The van der Waals surface area contributed by atoms with Gasteiger partial charge in [0.05, 0.1) is 14.9 Å². The molecule has 0 saturated carbocycles. The number of rotatable bonds is 2. The lowest BCUT2D eigenvalue weighted by molar-refractivity contribution is 0.111. The van der Waals surface area contributed by atoms with E-state index < -0.39 is 0 Å². The van der Waals surface area contributed by atoms with Crippen LogP contribution in [0.4, 0.5) is 0 Å². The zero-order chi connectivity index (χ0) is 10.8. The largest absolute Gasteiger partial charge is 0.294 e. The summed E-state index contributed by atoms with van der Waals surface area (Å²) in [5.41, 5.74) is 1.51. The fourth-order valence-corrected chi connectivity index (χ4v) is 2.23. The van der Waals surface area contributed by atoms with E-state index in [4.69, 9.17) is 11.6 Å². The minimum Gasteiger partial charge on any atom is -0.294 e. The van der Waals surface area contributed by atoms with Gasteiger partial charge in [-0.05, 0) is 25.1 Å². The summed E-state index contributed by atoms with van der Waals surface area (Å²) in [6, 6.07) is 5.51. The lowest BCUT2D eigenvalue weighted by Crippen LogP contribution is -1.96. The van der Waals surface area contributed by atoms with Gasteiger partial charge in [0.1, 0.15) is 0 Å². The van der Waals surface area contributed by atoms with Crippen LogP contribution in [0.25, 0.3) is 10.6 Å². The summed E-state index contributed by atoms with van der Waals surface area (Å²) in [6.45, 7) is 1.83. The summed E-state index contributed by atoms with van der Waals surface area (Å²) in [4.78, 5) is 19.6. The van der Waals surface area contributed by atoms with Gasteiger partial charge in [0.2, 0.25) is 0 Å². The van der Waals surface area contributed by atoms with E-state index in [1.807, 2.05) is 19.1 Å². The third kappa shape index (κ3) is 2.22. The van der Waals surface area contributed by atoms with E-state index in [0.717, 1.165) is 16.3 Å². The fourth-order valence-electron chi connectivity index (χ4n) is 1.22. The maximum Gasteiger partial charge on any atom is 0.193 e. The topological polar surface area (TPSA) is 42.9 Å². The Balaban J connectivity index is 2.52. The highest BCUT2D eigenvalue weighted by atomic mass is 35.5. The Labute approximate surface area is 95.8 Å². The molecule has 0 aliphatic rings. The predicted molar refractivity (Wildman–Crippen MR) is 60.5 cm³/mol. The summed E-state index contributed by atoms with van der Waals surface area (Å²) in [5, 5.41) is 0. The van der Waals surface area contributed by atoms with E-state index in [9.17, 15) is 4.79 Å². The van der Waals surface area contributed by atoms with Crippen molar-refractivity contribution >= 4 is 29.2 Å². The van der Waals surface area contributed by atoms with Crippen molar-refractivity contribution in [3.05, 3.63) is 34.1 Å². The maximum atomic E-state index is 10.6. The smallest absolute Gasteiger partial charge is 0.193 e. The number of aldehydes is 1. The van der Waals surface area contributed by atoms with Crippen LogP contribution >= 0.6 is 22.9 Å². The third-order valence-corrected chi connectivity index (χ3v) is 3.06. The fraction of sp³-hybridized carbons (Fsp3) is 0.100. The number of thiophene rings is 1. The molecule has 0 unspecified atom stereocenters. The van der Waals surface area contributed by atoms with Gasteiger partial charge >= 0.3 is 0 Å². The zero-order valence-electron chi connectivity index (χ0n) is 7.90. The number of aryl methyl sites for hydroxylation is 1. The Bertz CT molecular complexity index is 510. The average Bonchev–Trinajstić information content (AvgIpc) is 2.64. The maximum absolute atomic E-state index is 10.6. The first-order valence-corrected chi connectivity index (χ1v) is 5.45. The van der Waals surface area contributed by atoms with Gasteiger partial charge in [-0.2, -0.15) is 0 Å². The summed E-state index contributed by atoms with van der Waals surface area (Å²) in [5.74, 6) is 0.203. The number of halogens is 1. The summed E-state index contributed by atoms with van der Waals surface area (Å²) < 4.78 is 0.703. The third-order valence-electron chi connectivity index (χ3n) is 1.80. The number of nitrogens with zero attached hydrogens (tertiary/aromatic N) is 2. The molecule has 0 aliphatic carbocycles. The molecule has 0 atom stereocenters. The summed E-state index contributed by atoms with van der Waals surface area (Å²) in [6.07, 6.45) is 0.645. The van der Waals surface area contributed by atoms with Crippen LogP contribution in [-0.4, -0.2) is 16.3 Å². The summed E-state index contributed by atoms with van der Waals surface area (Å²) >= 11 is 7.26. The Morgan fingerprint density at radius 3 is 2.80 bits per heavy atom. The molecular weight excluding hydrogens is 232 g/mol. The van der Waals surface area contributed by atoms with Crippen LogP contribution in [0.3, 0.4) is 0 Å². The van der Waals surface area contributed by atoms with E-state index >= 15 is 0 Å². The van der Waals surface area contributed by atoms with E-state index in [1.165, 1.54) is 11.3 Å². The van der Waals surface area contributed by atoms with Crippen LogP contribution < -0.4 is 0 Å². The van der Waals surface area contributed by atoms with Crippen molar-refractivity contribution < 1.29 is 4.79 Å². The standard InChI is InChI=1S/C10H7ClN2OS/c1-6-4-7(13-10(5-14)12-6)8-2-3-9(11)15-8/h2-5H,1H3. The van der Waals surface area contributed by atoms with Crippen LogP contribution in [0, 0.1) is 6.92 Å². The van der Waals surface area contributed by atoms with Crippen molar-refractivity contribution in [1.82, 2.24) is 9.97 Å². The van der Waals surface area contributed by atoms with Crippen molar-refractivity contribution in [3.8, 4) is 10.6 Å². The molecule has 0 spiro atoms. The molecule has 0 aliphatic heterocycles. The molecule has 0 saturated heterocycles. The van der Waals surface area contributed by atoms with Gasteiger partial charge in [-0.3, -0.25) is 4.79 Å². The first-order chi connectivity index (χ1) is 7.19. The molecule has 2 rings (SSSR count). The molecule has 5 heteroatoms. The number of carbonyl (C=O) groups is 1. The second-order valence-corrected chi connectivity index (χ2v) is 4.69. The number of hydrogen-bond acceptors (Lipinski definition) is 4. The second kappa shape index (κ2) is 4.08. The molecule has 3 nitrogen and oxygen atoms in total. The van der Waals surface area contributed by atoms with Gasteiger partial charge in [0.15, 0.2) is 12.1 Å². The number of carbonyl (C=O) groups excluding carboxylic acids is 1. The second-order valence-electron chi connectivity index (χ2n) is 2.97. The lowest BCUT2D eigenvalue weighted by Gasteiger charge is -1.99. The van der Waals surface area contributed by atoms with Crippen molar-refractivity contribution in [1.29, 1.82) is 0 Å². The van der Waals surface area contributed by atoms with E-state index in [2.05, 4.69) is 9.97 Å². The van der Waals surface area contributed by atoms with Gasteiger partial charge in [-0.15, -0.1) is 11.3 Å². The number of aromatic nitrogens is 2. The predicted octanol–water partition coefficient (Wildman–Crippen LogP) is 2.98. The minimum atomic E-state index is 0.203. The van der Waals surface area contributed by atoms with Crippen molar-refractivity contribution in [2.75, 3.05) is 0 Å². The van der Waals surface area contributed by atoms with Crippen molar-refractivity contribution in [2.24, 2.45) is 0 Å². The SMILES string of the molecule is Cc1cc(-c2ccc(Cl)s2)nc(C=O)n1. The van der Waals surface area contributed by atoms with Crippen LogP contribution in [0.5, 0.6) is 0 Å². The molecule has 76 valence electrons. The van der Waals surface area contributed by atoms with Gasteiger partial charge < -0.3 is 0 Å². The van der Waals surface area contributed by atoms with Gasteiger partial charge in [-0.1, -0.05) is 11.6 Å². The van der Waals surface area contributed by atoms with Gasteiger partial charge in [0.25, 0.3) is 0 Å². The molecular formula is C10H7ClN2OS. The van der Waals surface area contributed by atoms with Crippen LogP contribution in [0.1, 0.15) is 16.3 Å². The average molecular weight is 239 g/mol. The molecule has 2 heterocycles. The van der Waals surface area contributed by atoms with Crippen LogP contribution in [0.15, 0.2) is 18.2 Å². The minimum absolute atomic E-state index is 0.203. The van der Waals surface area contributed by atoms with Gasteiger partial charge in [-0.25, -0.2) is 9.97 Å². The molecule has 0 amide bonds. The van der Waals surface area contributed by atoms with E-state index in [0.29, 0.717) is 10.6 Å². The van der Waals surface area contributed by atoms with Crippen molar-refractivity contribution in [3.63, 3.8) is 0 Å². The van der Waals surface area contributed by atoms with Crippen LogP contribution in [0.2, 0.25) is 4.34 Å². The van der Waals surface area contributed by atoms with E-state index in [1.54, 1.807) is 6.07 Å². The van der Waals surface area contributed by atoms with Crippen LogP contribution in [-0.2, 0) is 0 Å². The molecule has 0 bridgehead atoms. The molecule has 2 aromatic heterocycles. The highest BCUT2D eigenvalue weighted by Gasteiger charge is 2.06. The number of hydrogen-bond donors (Lipinski definition) is 0. The Kier molecular flexibility index (Phi) is 2.79. The first-order valence-electron chi connectivity index (χ1n) is 4.25.